The minimum Gasteiger partial charge on any atom is -0.481 e. The van der Waals surface area contributed by atoms with E-state index in [1.807, 2.05) is 0 Å². The van der Waals surface area contributed by atoms with E-state index in [-0.39, 0.29) is 29.1 Å². The van der Waals surface area contributed by atoms with Gasteiger partial charge in [0.05, 0.1) is 16.4 Å². The predicted octanol–water partition coefficient (Wildman–Crippen LogP) is 1.32. The van der Waals surface area contributed by atoms with Crippen molar-refractivity contribution in [2.45, 2.75) is 32.4 Å². The second-order valence-electron chi connectivity index (χ2n) is 5.97. The van der Waals surface area contributed by atoms with Crippen LogP contribution in [0.25, 0.3) is 0 Å². The van der Waals surface area contributed by atoms with Crippen LogP contribution < -0.4 is 4.74 Å². The smallest absolute Gasteiger partial charge is 0.272 e. The molecule has 2 atom stereocenters. The van der Waals surface area contributed by atoms with Crippen LogP contribution in [0.1, 0.15) is 18.9 Å². The van der Waals surface area contributed by atoms with Gasteiger partial charge >= 0.3 is 0 Å². The molecule has 8 nitrogen and oxygen atoms in total. The number of hydrogen-bond acceptors (Lipinski definition) is 6. The molecule has 1 aliphatic heterocycles. The Morgan fingerprint density at radius 2 is 2.12 bits per heavy atom. The maximum atomic E-state index is 12.4. The van der Waals surface area contributed by atoms with E-state index >= 15 is 0 Å². The number of nitrogens with zero attached hydrogens (tertiary/aromatic N) is 2. The zero-order chi connectivity index (χ0) is 18.1. The van der Waals surface area contributed by atoms with E-state index in [0.29, 0.717) is 17.7 Å². The van der Waals surface area contributed by atoms with E-state index in [2.05, 4.69) is 0 Å². The van der Waals surface area contributed by atoms with Crippen molar-refractivity contribution in [2.75, 3.05) is 18.6 Å². The Morgan fingerprint density at radius 3 is 2.62 bits per heavy atom. The van der Waals surface area contributed by atoms with Crippen molar-refractivity contribution >= 4 is 21.4 Å². The van der Waals surface area contributed by atoms with Gasteiger partial charge in [-0.3, -0.25) is 14.9 Å². The molecule has 0 spiro atoms. The highest BCUT2D eigenvalue weighted by Gasteiger charge is 2.34. The van der Waals surface area contributed by atoms with Crippen molar-refractivity contribution in [1.29, 1.82) is 0 Å². The molecule has 0 bridgehead atoms. The number of amides is 1. The van der Waals surface area contributed by atoms with Crippen LogP contribution in [-0.2, 0) is 14.6 Å². The summed E-state index contributed by atoms with van der Waals surface area (Å²) in [7, 11) is -1.51. The second kappa shape index (κ2) is 6.76. The second-order valence-corrected chi connectivity index (χ2v) is 8.20. The summed E-state index contributed by atoms with van der Waals surface area (Å²) in [6, 6.07) is 3.93. The van der Waals surface area contributed by atoms with Crippen LogP contribution in [0.5, 0.6) is 5.75 Å². The number of likely N-dealkylation sites (N-methyl/N-ethyl adjacent to an activating group) is 1. The normalized spacial score (nSPS) is 20.4. The Kier molecular flexibility index (Phi) is 5.12. The monoisotopic (exact) mass is 356 g/mol. The average molecular weight is 356 g/mol. The van der Waals surface area contributed by atoms with Crippen molar-refractivity contribution in [3.05, 3.63) is 33.9 Å². The Labute approximate surface area is 140 Å². The first-order valence-electron chi connectivity index (χ1n) is 7.49. The van der Waals surface area contributed by atoms with E-state index in [1.165, 1.54) is 23.1 Å². The zero-order valence-electron chi connectivity index (χ0n) is 13.8. The first-order chi connectivity index (χ1) is 11.1. The molecule has 132 valence electrons. The maximum Gasteiger partial charge on any atom is 0.272 e. The van der Waals surface area contributed by atoms with E-state index in [9.17, 15) is 23.3 Å². The topological polar surface area (TPSA) is 107 Å². The van der Waals surface area contributed by atoms with Gasteiger partial charge in [0.1, 0.15) is 5.75 Å². The lowest BCUT2D eigenvalue weighted by atomic mass is 10.2. The lowest BCUT2D eigenvalue weighted by molar-refractivity contribution is -0.385. The molecular formula is C15H20N2O6S. The summed E-state index contributed by atoms with van der Waals surface area (Å²) in [6.07, 6.45) is -0.396. The number of carbonyl (C=O) groups excluding carboxylic acids is 1. The summed E-state index contributed by atoms with van der Waals surface area (Å²) < 4.78 is 28.6. The number of rotatable bonds is 5. The number of carbonyl (C=O) groups is 1. The highest BCUT2D eigenvalue weighted by molar-refractivity contribution is 7.91. The van der Waals surface area contributed by atoms with Gasteiger partial charge in [-0.05, 0) is 32.4 Å². The first-order valence-corrected chi connectivity index (χ1v) is 9.31. The number of hydrogen-bond donors (Lipinski definition) is 0. The quantitative estimate of drug-likeness (QED) is 0.582. The van der Waals surface area contributed by atoms with E-state index < -0.39 is 20.9 Å². The average Bonchev–Trinajstić information content (AvgIpc) is 2.85. The molecule has 0 unspecified atom stereocenters. The lowest BCUT2D eigenvalue weighted by Gasteiger charge is -2.26. The van der Waals surface area contributed by atoms with Gasteiger partial charge in [-0.2, -0.15) is 0 Å². The molecule has 1 heterocycles. The van der Waals surface area contributed by atoms with Gasteiger partial charge in [0.2, 0.25) is 0 Å². The molecule has 0 aliphatic carbocycles. The Bertz CT molecular complexity index is 761. The summed E-state index contributed by atoms with van der Waals surface area (Å²) in [5.74, 6) is 0.0875. The first kappa shape index (κ1) is 18.2. The van der Waals surface area contributed by atoms with Gasteiger partial charge in [-0.15, -0.1) is 0 Å². The third-order valence-electron chi connectivity index (χ3n) is 4.13. The lowest BCUT2D eigenvalue weighted by Crippen LogP contribution is -2.44. The molecule has 2 rings (SSSR count). The largest absolute Gasteiger partial charge is 0.481 e. The van der Waals surface area contributed by atoms with Gasteiger partial charge < -0.3 is 9.64 Å². The van der Waals surface area contributed by atoms with Crippen molar-refractivity contribution in [3.63, 3.8) is 0 Å². The van der Waals surface area contributed by atoms with Crippen LogP contribution in [0.4, 0.5) is 5.69 Å². The molecule has 1 aliphatic rings. The molecule has 1 fully saturated rings. The number of ether oxygens (including phenoxy) is 1. The standard InChI is InChI=1S/C15H20N2O6S/c1-10-8-13(4-5-14(10)17(19)20)23-11(2)15(18)16(3)12-6-7-24(21,22)9-12/h4-5,8,11-12H,6-7,9H2,1-3H3/t11-,12-/m1/s1. The number of benzene rings is 1. The zero-order valence-corrected chi connectivity index (χ0v) is 14.6. The van der Waals surface area contributed by atoms with Crippen molar-refractivity contribution in [2.24, 2.45) is 0 Å². The molecule has 1 aromatic carbocycles. The minimum atomic E-state index is -3.08. The summed E-state index contributed by atoms with van der Waals surface area (Å²) in [5.41, 5.74) is 0.419. The van der Waals surface area contributed by atoms with Crippen molar-refractivity contribution < 1.29 is 22.9 Å². The van der Waals surface area contributed by atoms with Gasteiger partial charge in [0, 0.05) is 24.7 Å². The fourth-order valence-corrected chi connectivity index (χ4v) is 4.48. The molecule has 0 saturated carbocycles. The maximum absolute atomic E-state index is 12.4. The van der Waals surface area contributed by atoms with Gasteiger partial charge in [-0.1, -0.05) is 0 Å². The molecule has 24 heavy (non-hydrogen) atoms. The van der Waals surface area contributed by atoms with E-state index in [4.69, 9.17) is 4.74 Å². The van der Waals surface area contributed by atoms with Gasteiger partial charge in [0.25, 0.3) is 11.6 Å². The van der Waals surface area contributed by atoms with Crippen LogP contribution in [0.15, 0.2) is 18.2 Å². The summed E-state index contributed by atoms with van der Waals surface area (Å²) in [5, 5.41) is 10.8. The van der Waals surface area contributed by atoms with Crippen LogP contribution in [0, 0.1) is 17.0 Å². The highest BCUT2D eigenvalue weighted by Crippen LogP contribution is 2.24. The van der Waals surface area contributed by atoms with Gasteiger partial charge in [-0.25, -0.2) is 8.42 Å². The third kappa shape index (κ3) is 4.02. The highest BCUT2D eigenvalue weighted by atomic mass is 32.2. The minimum absolute atomic E-state index is 0.0189. The van der Waals surface area contributed by atoms with E-state index in [0.717, 1.165) is 0 Å². The molecule has 0 aromatic heterocycles. The van der Waals surface area contributed by atoms with E-state index in [1.54, 1.807) is 20.9 Å². The van der Waals surface area contributed by atoms with Crippen LogP contribution in [-0.4, -0.2) is 54.8 Å². The SMILES string of the molecule is Cc1cc(O[C@H](C)C(=O)N(C)[C@@H]2CCS(=O)(=O)C2)ccc1[N+](=O)[O-]. The third-order valence-corrected chi connectivity index (χ3v) is 5.88. The fraction of sp³-hybridized carbons (Fsp3) is 0.533. The Balaban J connectivity index is 2.04. The summed E-state index contributed by atoms with van der Waals surface area (Å²) in [6.45, 7) is 3.16. The number of nitro groups is 1. The number of aryl methyl sites for hydroxylation is 1. The molecule has 0 radical (unpaired) electrons. The van der Waals surface area contributed by atoms with Crippen molar-refractivity contribution in [3.8, 4) is 5.75 Å². The van der Waals surface area contributed by atoms with Crippen LogP contribution in [0.2, 0.25) is 0 Å². The fourth-order valence-electron chi connectivity index (χ4n) is 2.71. The molecule has 1 aromatic rings. The molecule has 1 amide bonds. The summed E-state index contributed by atoms with van der Waals surface area (Å²) in [4.78, 5) is 24.1. The summed E-state index contributed by atoms with van der Waals surface area (Å²) >= 11 is 0. The molecule has 0 N–H and O–H groups in total. The molecule has 1 saturated heterocycles. The van der Waals surface area contributed by atoms with Crippen LogP contribution in [0.3, 0.4) is 0 Å². The van der Waals surface area contributed by atoms with Crippen molar-refractivity contribution in [1.82, 2.24) is 4.90 Å². The molecule has 9 heteroatoms. The van der Waals surface area contributed by atoms with Gasteiger partial charge in [0.15, 0.2) is 15.9 Å². The predicted molar refractivity (Wildman–Crippen MR) is 87.8 cm³/mol. The Morgan fingerprint density at radius 1 is 1.46 bits per heavy atom. The number of sulfone groups is 1. The number of nitro benzene ring substituents is 1. The molecular weight excluding hydrogens is 336 g/mol. The van der Waals surface area contributed by atoms with Crippen LogP contribution >= 0.6 is 0 Å². The Hall–Kier alpha value is -2.16.